The van der Waals surface area contributed by atoms with Gasteiger partial charge in [0.1, 0.15) is 6.04 Å². The number of nitrogens with zero attached hydrogens (tertiary/aromatic N) is 1. The normalized spacial score (nSPS) is 16.9. The van der Waals surface area contributed by atoms with Gasteiger partial charge in [-0.15, -0.1) is 0 Å². The highest BCUT2D eigenvalue weighted by molar-refractivity contribution is 5.87. The summed E-state index contributed by atoms with van der Waals surface area (Å²) >= 11 is 0. The van der Waals surface area contributed by atoms with Crippen LogP contribution in [0, 0.1) is 11.8 Å². The maximum Gasteiger partial charge on any atom is 0.312 e. The molecule has 1 fully saturated rings. The number of nitrogens with two attached hydrogens (primary N) is 1. The first-order valence-corrected chi connectivity index (χ1v) is 6.36. The number of hydrogen-bond acceptors (Lipinski definition) is 3. The van der Waals surface area contributed by atoms with Crippen LogP contribution in [0.25, 0.3) is 0 Å². The van der Waals surface area contributed by atoms with E-state index in [1.165, 1.54) is 0 Å². The van der Waals surface area contributed by atoms with Gasteiger partial charge in [-0.05, 0) is 12.3 Å². The zero-order chi connectivity index (χ0) is 14.6. The first kappa shape index (κ1) is 15.3. The summed E-state index contributed by atoms with van der Waals surface area (Å²) in [6.07, 6.45) is 0.587. The predicted molar refractivity (Wildman–Crippen MR) is 68.3 cm³/mol. The Morgan fingerprint density at radius 3 is 2.37 bits per heavy atom. The zero-order valence-electron chi connectivity index (χ0n) is 11.3. The molecule has 1 unspecified atom stereocenters. The molecule has 0 bridgehead atoms. The number of urea groups is 1. The zero-order valence-corrected chi connectivity index (χ0v) is 11.3. The lowest BCUT2D eigenvalue weighted by molar-refractivity contribution is -0.146. The van der Waals surface area contributed by atoms with Crippen LogP contribution in [0.15, 0.2) is 0 Å². The Morgan fingerprint density at radius 1 is 1.37 bits per heavy atom. The fourth-order valence-electron chi connectivity index (χ4n) is 2.21. The van der Waals surface area contributed by atoms with Gasteiger partial charge in [-0.1, -0.05) is 13.8 Å². The quantitative estimate of drug-likeness (QED) is 0.631. The number of carboxylic acid groups (broad SMARTS) is 1. The summed E-state index contributed by atoms with van der Waals surface area (Å²) in [6, 6.07) is -1.34. The Labute approximate surface area is 112 Å². The summed E-state index contributed by atoms with van der Waals surface area (Å²) in [7, 11) is 0. The molecule has 1 heterocycles. The number of aliphatic carboxylic acids is 1. The molecule has 1 aliphatic rings. The Morgan fingerprint density at radius 2 is 1.95 bits per heavy atom. The van der Waals surface area contributed by atoms with E-state index in [1.54, 1.807) is 4.90 Å². The van der Waals surface area contributed by atoms with Crippen LogP contribution in [-0.2, 0) is 9.59 Å². The first-order valence-electron chi connectivity index (χ1n) is 6.36. The maximum absolute atomic E-state index is 12.1. The van der Waals surface area contributed by atoms with Crippen molar-refractivity contribution in [3.05, 3.63) is 0 Å². The highest BCUT2D eigenvalue weighted by Crippen LogP contribution is 2.21. The molecular weight excluding hydrogens is 250 g/mol. The molecule has 1 rings (SSSR count). The minimum absolute atomic E-state index is 0.00901. The van der Waals surface area contributed by atoms with Crippen molar-refractivity contribution in [2.75, 3.05) is 13.1 Å². The average Bonchev–Trinajstić information content (AvgIpc) is 2.19. The van der Waals surface area contributed by atoms with Gasteiger partial charge in [0.15, 0.2) is 0 Å². The lowest BCUT2D eigenvalue weighted by Crippen LogP contribution is -2.58. The number of nitrogens with one attached hydrogen (secondary N) is 1. The van der Waals surface area contributed by atoms with Gasteiger partial charge in [0.2, 0.25) is 5.91 Å². The van der Waals surface area contributed by atoms with Crippen molar-refractivity contribution in [3.8, 4) is 0 Å². The molecular formula is C12H21N3O4. The molecule has 1 atom stereocenters. The van der Waals surface area contributed by atoms with Crippen molar-refractivity contribution in [1.29, 1.82) is 0 Å². The van der Waals surface area contributed by atoms with E-state index in [-0.39, 0.29) is 24.2 Å². The Bertz CT molecular complexity index is 364. The molecule has 0 aromatic rings. The van der Waals surface area contributed by atoms with E-state index in [2.05, 4.69) is 5.32 Å². The number of primary amides is 1. The van der Waals surface area contributed by atoms with E-state index in [9.17, 15) is 14.4 Å². The molecule has 4 N–H and O–H groups in total. The second kappa shape index (κ2) is 6.40. The monoisotopic (exact) mass is 271 g/mol. The second-order valence-corrected chi connectivity index (χ2v) is 5.40. The smallest absolute Gasteiger partial charge is 0.312 e. The third kappa shape index (κ3) is 4.76. The summed E-state index contributed by atoms with van der Waals surface area (Å²) in [6.45, 7) is 4.76. The van der Waals surface area contributed by atoms with Crippen molar-refractivity contribution >= 4 is 17.9 Å². The minimum Gasteiger partial charge on any atom is -0.481 e. The third-order valence-electron chi connectivity index (χ3n) is 3.05. The maximum atomic E-state index is 12.1. The van der Waals surface area contributed by atoms with Crippen molar-refractivity contribution < 1.29 is 19.5 Å². The molecule has 7 nitrogen and oxygen atoms in total. The lowest BCUT2D eigenvalue weighted by Gasteiger charge is -2.40. The summed E-state index contributed by atoms with van der Waals surface area (Å²) in [4.78, 5) is 35.1. The van der Waals surface area contributed by atoms with E-state index < -0.39 is 18.0 Å². The second-order valence-electron chi connectivity index (χ2n) is 5.40. The number of carboxylic acids is 1. The molecule has 1 saturated heterocycles. The van der Waals surface area contributed by atoms with E-state index >= 15 is 0 Å². The van der Waals surface area contributed by atoms with Crippen LogP contribution in [0.4, 0.5) is 4.79 Å². The van der Waals surface area contributed by atoms with Crippen LogP contribution in [0.3, 0.4) is 0 Å². The fraction of sp³-hybridized carbons (Fsp3) is 0.750. The highest BCUT2D eigenvalue weighted by Gasteiger charge is 2.35. The Kier molecular flexibility index (Phi) is 5.14. The molecule has 0 aliphatic carbocycles. The van der Waals surface area contributed by atoms with Gasteiger partial charge in [-0.25, -0.2) is 4.79 Å². The van der Waals surface area contributed by atoms with E-state index in [0.29, 0.717) is 19.5 Å². The van der Waals surface area contributed by atoms with Gasteiger partial charge < -0.3 is 21.1 Å². The number of hydrogen-bond donors (Lipinski definition) is 3. The van der Waals surface area contributed by atoms with Gasteiger partial charge in [-0.2, -0.15) is 0 Å². The molecule has 0 aromatic heterocycles. The Hall–Kier alpha value is -1.79. The van der Waals surface area contributed by atoms with Gasteiger partial charge in [0.25, 0.3) is 0 Å². The van der Waals surface area contributed by atoms with E-state index in [1.807, 2.05) is 13.8 Å². The van der Waals surface area contributed by atoms with Gasteiger partial charge >= 0.3 is 12.0 Å². The topological polar surface area (TPSA) is 113 Å². The van der Waals surface area contributed by atoms with E-state index in [0.717, 1.165) is 0 Å². The molecule has 108 valence electrons. The minimum atomic E-state index is -0.855. The number of rotatable bonds is 6. The largest absolute Gasteiger partial charge is 0.481 e. The third-order valence-corrected chi connectivity index (χ3v) is 3.05. The molecule has 0 aromatic carbocycles. The van der Waals surface area contributed by atoms with Crippen molar-refractivity contribution in [2.45, 2.75) is 32.7 Å². The van der Waals surface area contributed by atoms with Crippen LogP contribution in [0.2, 0.25) is 0 Å². The number of carbonyl (C=O) groups is 3. The van der Waals surface area contributed by atoms with Gasteiger partial charge in [-0.3, -0.25) is 9.59 Å². The molecule has 19 heavy (non-hydrogen) atoms. The lowest BCUT2D eigenvalue weighted by atomic mass is 9.94. The summed E-state index contributed by atoms with van der Waals surface area (Å²) in [5.74, 6) is -0.785. The predicted octanol–water partition coefficient (Wildman–Crippen LogP) is 0.00250. The first-order chi connectivity index (χ1) is 8.79. The summed E-state index contributed by atoms with van der Waals surface area (Å²) in [5.41, 5.74) is 5.06. The number of amides is 3. The molecule has 1 aliphatic heterocycles. The van der Waals surface area contributed by atoms with Gasteiger partial charge in [0, 0.05) is 19.0 Å². The SMILES string of the molecule is CC(C)CC(NC(N)=O)C(=O)N1CC(CC(=O)O)C1. The van der Waals surface area contributed by atoms with Crippen molar-refractivity contribution in [3.63, 3.8) is 0 Å². The average molecular weight is 271 g/mol. The fourth-order valence-corrected chi connectivity index (χ4v) is 2.21. The summed E-state index contributed by atoms with van der Waals surface area (Å²) in [5, 5.41) is 11.1. The van der Waals surface area contributed by atoms with E-state index in [4.69, 9.17) is 10.8 Å². The summed E-state index contributed by atoms with van der Waals surface area (Å²) < 4.78 is 0. The van der Waals surface area contributed by atoms with Crippen LogP contribution in [-0.4, -0.2) is 47.0 Å². The van der Waals surface area contributed by atoms with Crippen LogP contribution < -0.4 is 11.1 Å². The van der Waals surface area contributed by atoms with Crippen LogP contribution in [0.1, 0.15) is 26.7 Å². The molecule has 0 spiro atoms. The molecule has 3 amide bonds. The molecule has 0 radical (unpaired) electrons. The van der Waals surface area contributed by atoms with Crippen molar-refractivity contribution in [2.24, 2.45) is 17.6 Å². The van der Waals surface area contributed by atoms with Crippen molar-refractivity contribution in [1.82, 2.24) is 10.2 Å². The Balaban J connectivity index is 2.49. The molecule has 0 saturated carbocycles. The highest BCUT2D eigenvalue weighted by atomic mass is 16.4. The van der Waals surface area contributed by atoms with Gasteiger partial charge in [0.05, 0.1) is 6.42 Å². The number of likely N-dealkylation sites (tertiary alicyclic amines) is 1. The standard InChI is InChI=1S/C12H21N3O4/c1-7(2)3-9(14-12(13)19)11(18)15-5-8(6-15)4-10(16)17/h7-9H,3-6H2,1-2H3,(H,16,17)(H3,13,14,19). The number of carbonyl (C=O) groups excluding carboxylic acids is 2. The molecule has 7 heteroatoms. The van der Waals surface area contributed by atoms with Crippen LogP contribution in [0.5, 0.6) is 0 Å². The van der Waals surface area contributed by atoms with Crippen LogP contribution >= 0.6 is 0 Å².